The van der Waals surface area contributed by atoms with Gasteiger partial charge in [0.25, 0.3) is 5.91 Å². The fraction of sp³-hybridized carbons (Fsp3) is 0.500. The van der Waals surface area contributed by atoms with Gasteiger partial charge < -0.3 is 14.7 Å². The molecule has 0 unspecified atom stereocenters. The second kappa shape index (κ2) is 6.45. The number of hydrogen-bond donors (Lipinski definition) is 0. The number of carbonyl (C=O) groups excluding carboxylic acids is 1. The van der Waals surface area contributed by atoms with Crippen LogP contribution in [0.3, 0.4) is 0 Å². The first kappa shape index (κ1) is 15.6. The van der Waals surface area contributed by atoms with Gasteiger partial charge in [0.2, 0.25) is 0 Å². The van der Waals surface area contributed by atoms with Crippen LogP contribution in [-0.4, -0.2) is 70.9 Å². The van der Waals surface area contributed by atoms with Crippen LogP contribution < -0.4 is 9.80 Å². The van der Waals surface area contributed by atoms with Crippen LogP contribution in [-0.2, 0) is 0 Å². The average Bonchev–Trinajstić information content (AvgIpc) is 3.00. The number of carbonyl (C=O) groups is 1. The SMILES string of the molecule is Cc1nnsc1C(=O)N1CCN(c2cc(N(C)C)cnn2)CC1. The van der Waals surface area contributed by atoms with E-state index < -0.39 is 0 Å². The molecule has 1 aliphatic rings. The average molecular weight is 333 g/mol. The Kier molecular flexibility index (Phi) is 4.37. The summed E-state index contributed by atoms with van der Waals surface area (Å²) in [5, 5.41) is 12.2. The van der Waals surface area contributed by atoms with Gasteiger partial charge >= 0.3 is 0 Å². The molecule has 1 amide bonds. The Balaban J connectivity index is 1.66. The van der Waals surface area contributed by atoms with E-state index in [9.17, 15) is 4.79 Å². The molecule has 1 aliphatic heterocycles. The van der Waals surface area contributed by atoms with Crippen LogP contribution in [0.25, 0.3) is 0 Å². The van der Waals surface area contributed by atoms with E-state index in [1.54, 1.807) is 6.20 Å². The number of nitrogens with zero attached hydrogens (tertiary/aromatic N) is 7. The molecule has 0 aromatic carbocycles. The van der Waals surface area contributed by atoms with E-state index in [-0.39, 0.29) is 5.91 Å². The molecule has 0 aliphatic carbocycles. The molecule has 0 bridgehead atoms. The first-order valence-corrected chi connectivity index (χ1v) is 8.17. The predicted molar refractivity (Wildman–Crippen MR) is 89.1 cm³/mol. The van der Waals surface area contributed by atoms with E-state index in [4.69, 9.17) is 0 Å². The molecule has 0 radical (unpaired) electrons. The zero-order chi connectivity index (χ0) is 16.4. The highest BCUT2D eigenvalue weighted by atomic mass is 32.1. The summed E-state index contributed by atoms with van der Waals surface area (Å²) in [5.74, 6) is 0.865. The van der Waals surface area contributed by atoms with Crippen LogP contribution in [0.15, 0.2) is 12.3 Å². The van der Waals surface area contributed by atoms with Gasteiger partial charge in [-0.05, 0) is 18.5 Å². The molecule has 0 spiro atoms. The summed E-state index contributed by atoms with van der Waals surface area (Å²) in [6.45, 7) is 4.61. The number of piperazine rings is 1. The summed E-state index contributed by atoms with van der Waals surface area (Å²) >= 11 is 1.16. The van der Waals surface area contributed by atoms with Crippen molar-refractivity contribution in [2.75, 3.05) is 50.1 Å². The maximum Gasteiger partial charge on any atom is 0.267 e. The maximum atomic E-state index is 12.5. The minimum atomic E-state index is 0.0188. The molecular formula is C14H19N7OS. The van der Waals surface area contributed by atoms with E-state index in [2.05, 4.69) is 24.7 Å². The lowest BCUT2D eigenvalue weighted by Crippen LogP contribution is -2.49. The number of rotatable bonds is 3. The topological polar surface area (TPSA) is 78.4 Å². The Bertz CT molecular complexity index is 694. The van der Waals surface area contributed by atoms with Gasteiger partial charge in [0.15, 0.2) is 5.82 Å². The molecule has 0 N–H and O–H groups in total. The monoisotopic (exact) mass is 333 g/mol. The Morgan fingerprint density at radius 2 is 1.96 bits per heavy atom. The number of aryl methyl sites for hydroxylation is 1. The van der Waals surface area contributed by atoms with Gasteiger partial charge in [0.1, 0.15) is 4.88 Å². The van der Waals surface area contributed by atoms with Crippen LogP contribution in [0, 0.1) is 6.92 Å². The van der Waals surface area contributed by atoms with E-state index in [1.165, 1.54) is 0 Å². The summed E-state index contributed by atoms with van der Waals surface area (Å²) in [6, 6.07) is 2.02. The zero-order valence-corrected chi connectivity index (χ0v) is 14.2. The number of amides is 1. The van der Waals surface area contributed by atoms with Crippen molar-refractivity contribution in [2.24, 2.45) is 0 Å². The molecule has 3 rings (SSSR count). The minimum Gasteiger partial charge on any atom is -0.376 e. The van der Waals surface area contributed by atoms with Crippen molar-refractivity contribution < 1.29 is 4.79 Å². The summed E-state index contributed by atoms with van der Waals surface area (Å²) in [4.78, 5) is 19.1. The molecule has 2 aromatic rings. The van der Waals surface area contributed by atoms with Crippen molar-refractivity contribution in [2.45, 2.75) is 6.92 Å². The fourth-order valence-corrected chi connectivity index (χ4v) is 3.08. The van der Waals surface area contributed by atoms with Crippen LogP contribution in [0.2, 0.25) is 0 Å². The largest absolute Gasteiger partial charge is 0.376 e. The Hall–Kier alpha value is -2.29. The van der Waals surface area contributed by atoms with E-state index in [0.29, 0.717) is 23.7 Å². The van der Waals surface area contributed by atoms with Gasteiger partial charge in [-0.15, -0.1) is 10.2 Å². The molecule has 0 atom stereocenters. The molecule has 1 fully saturated rings. The third kappa shape index (κ3) is 3.24. The smallest absolute Gasteiger partial charge is 0.267 e. The third-order valence-electron chi connectivity index (χ3n) is 3.88. The van der Waals surface area contributed by atoms with Crippen molar-refractivity contribution in [3.63, 3.8) is 0 Å². The fourth-order valence-electron chi connectivity index (χ4n) is 2.45. The van der Waals surface area contributed by atoms with Crippen molar-refractivity contribution in [1.29, 1.82) is 0 Å². The summed E-state index contributed by atoms with van der Waals surface area (Å²) < 4.78 is 3.84. The first-order valence-electron chi connectivity index (χ1n) is 7.39. The highest BCUT2D eigenvalue weighted by molar-refractivity contribution is 7.07. The van der Waals surface area contributed by atoms with E-state index in [0.717, 1.165) is 36.1 Å². The predicted octanol–water partition coefficient (Wildman–Crippen LogP) is 0.665. The van der Waals surface area contributed by atoms with Crippen molar-refractivity contribution >= 4 is 28.9 Å². The first-order chi connectivity index (χ1) is 11.1. The molecule has 0 saturated carbocycles. The standard InChI is InChI=1S/C14H19N7OS/c1-10-13(23-18-16-10)14(22)21-6-4-20(5-7-21)12-8-11(19(2)3)9-15-17-12/h8-9H,4-7H2,1-3H3. The van der Waals surface area contributed by atoms with Crippen molar-refractivity contribution in [1.82, 2.24) is 24.7 Å². The molecule has 3 heterocycles. The number of hydrogen-bond acceptors (Lipinski definition) is 8. The second-order valence-corrected chi connectivity index (χ2v) is 6.39. The highest BCUT2D eigenvalue weighted by Gasteiger charge is 2.25. The quantitative estimate of drug-likeness (QED) is 0.816. The number of aromatic nitrogens is 4. The van der Waals surface area contributed by atoms with Crippen molar-refractivity contribution in [3.8, 4) is 0 Å². The molecule has 23 heavy (non-hydrogen) atoms. The Morgan fingerprint density at radius 3 is 2.57 bits per heavy atom. The Labute approximate surface area is 138 Å². The normalized spacial score (nSPS) is 14.9. The van der Waals surface area contributed by atoms with Gasteiger partial charge in [-0.2, -0.15) is 5.10 Å². The third-order valence-corrected chi connectivity index (χ3v) is 4.70. The van der Waals surface area contributed by atoms with Crippen LogP contribution in [0.1, 0.15) is 15.4 Å². The van der Waals surface area contributed by atoms with Crippen LogP contribution in [0.4, 0.5) is 11.5 Å². The van der Waals surface area contributed by atoms with Crippen LogP contribution in [0.5, 0.6) is 0 Å². The minimum absolute atomic E-state index is 0.0188. The van der Waals surface area contributed by atoms with Gasteiger partial charge in [-0.1, -0.05) is 4.49 Å². The molecule has 2 aromatic heterocycles. The lowest BCUT2D eigenvalue weighted by Gasteiger charge is -2.35. The van der Waals surface area contributed by atoms with Crippen LogP contribution >= 0.6 is 11.5 Å². The van der Waals surface area contributed by atoms with Gasteiger partial charge in [-0.3, -0.25) is 4.79 Å². The second-order valence-electron chi connectivity index (χ2n) is 5.63. The van der Waals surface area contributed by atoms with Gasteiger partial charge in [0, 0.05) is 46.3 Å². The van der Waals surface area contributed by atoms with Crippen molar-refractivity contribution in [3.05, 3.63) is 22.8 Å². The van der Waals surface area contributed by atoms with Gasteiger partial charge in [-0.25, -0.2) is 0 Å². The van der Waals surface area contributed by atoms with Gasteiger partial charge in [0.05, 0.1) is 17.6 Å². The molecular weight excluding hydrogens is 314 g/mol. The zero-order valence-electron chi connectivity index (χ0n) is 13.4. The lowest BCUT2D eigenvalue weighted by atomic mass is 10.2. The molecule has 122 valence electrons. The summed E-state index contributed by atoms with van der Waals surface area (Å²) in [7, 11) is 3.95. The molecule has 1 saturated heterocycles. The Morgan fingerprint density at radius 1 is 1.22 bits per heavy atom. The summed E-state index contributed by atoms with van der Waals surface area (Å²) in [6.07, 6.45) is 1.74. The van der Waals surface area contributed by atoms with E-state index in [1.807, 2.05) is 36.9 Å². The maximum absolute atomic E-state index is 12.5. The molecule has 9 heteroatoms. The highest BCUT2D eigenvalue weighted by Crippen LogP contribution is 2.20. The molecule has 8 nitrogen and oxygen atoms in total. The van der Waals surface area contributed by atoms with E-state index >= 15 is 0 Å². The summed E-state index contributed by atoms with van der Waals surface area (Å²) in [5.41, 5.74) is 1.71. The number of anilines is 2. The lowest BCUT2D eigenvalue weighted by molar-refractivity contribution is 0.0750.